The molecule has 27 heavy (non-hydrogen) atoms. The first kappa shape index (κ1) is 18.9. The van der Waals surface area contributed by atoms with E-state index >= 15 is 0 Å². The molecule has 0 radical (unpaired) electrons. The molecule has 1 fully saturated rings. The molecule has 1 saturated heterocycles. The quantitative estimate of drug-likeness (QED) is 0.598. The largest absolute Gasteiger partial charge is 0.467 e. The zero-order valence-corrected chi connectivity index (χ0v) is 15.3. The minimum atomic E-state index is -1.04. The second kappa shape index (κ2) is 8.22. The monoisotopic (exact) mass is 391 g/mol. The van der Waals surface area contributed by atoms with Crippen LogP contribution in [0, 0.1) is 5.92 Å². The first-order valence-corrected chi connectivity index (χ1v) is 8.74. The van der Waals surface area contributed by atoms with Gasteiger partial charge in [0.25, 0.3) is 5.91 Å². The zero-order chi connectivity index (χ0) is 19.4. The van der Waals surface area contributed by atoms with Crippen molar-refractivity contribution in [2.45, 2.75) is 26.0 Å². The molecule has 0 aromatic carbocycles. The van der Waals surface area contributed by atoms with Gasteiger partial charge in [-0.25, -0.2) is 4.98 Å². The Balaban J connectivity index is 1.53. The maximum atomic E-state index is 12.3. The lowest BCUT2D eigenvalue weighted by Crippen LogP contribution is -2.33. The molecule has 0 spiro atoms. The van der Waals surface area contributed by atoms with Gasteiger partial charge in [0, 0.05) is 19.2 Å². The predicted octanol–water partition coefficient (Wildman–Crippen LogP) is 2.25. The number of amides is 2. The lowest BCUT2D eigenvalue weighted by atomic mass is 10.1. The van der Waals surface area contributed by atoms with Crippen molar-refractivity contribution in [2.75, 3.05) is 11.9 Å². The number of aromatic nitrogens is 1. The molecule has 2 amide bonds. The third kappa shape index (κ3) is 4.65. The SMILES string of the molecule is C[C@H](OC(=O)[C@@H]1CC(=O)N(Cc2ccco2)C1)C(=O)Nc1cccnc1Cl. The second-order valence-electron chi connectivity index (χ2n) is 6.16. The average Bonchev–Trinajstić information content (AvgIpc) is 3.27. The summed E-state index contributed by atoms with van der Waals surface area (Å²) in [5.41, 5.74) is 0.327. The fourth-order valence-corrected chi connectivity index (χ4v) is 2.88. The number of anilines is 1. The van der Waals surface area contributed by atoms with Gasteiger partial charge in [0.05, 0.1) is 24.4 Å². The molecule has 142 valence electrons. The maximum absolute atomic E-state index is 12.3. The molecular weight excluding hydrogens is 374 g/mol. The van der Waals surface area contributed by atoms with E-state index < -0.39 is 23.9 Å². The smallest absolute Gasteiger partial charge is 0.312 e. The maximum Gasteiger partial charge on any atom is 0.312 e. The first-order valence-electron chi connectivity index (χ1n) is 8.36. The van der Waals surface area contributed by atoms with Crippen molar-refractivity contribution < 1.29 is 23.5 Å². The van der Waals surface area contributed by atoms with Crippen molar-refractivity contribution in [3.05, 3.63) is 47.6 Å². The molecule has 1 N–H and O–H groups in total. The van der Waals surface area contributed by atoms with E-state index in [2.05, 4.69) is 10.3 Å². The van der Waals surface area contributed by atoms with E-state index in [4.69, 9.17) is 20.8 Å². The van der Waals surface area contributed by atoms with Crippen LogP contribution in [0.2, 0.25) is 5.15 Å². The molecular formula is C18H18ClN3O5. The van der Waals surface area contributed by atoms with E-state index in [0.29, 0.717) is 18.0 Å². The van der Waals surface area contributed by atoms with Crippen molar-refractivity contribution in [3.63, 3.8) is 0 Å². The number of hydrogen-bond acceptors (Lipinski definition) is 6. The summed E-state index contributed by atoms with van der Waals surface area (Å²) in [4.78, 5) is 42.0. The van der Waals surface area contributed by atoms with E-state index in [9.17, 15) is 14.4 Å². The van der Waals surface area contributed by atoms with E-state index in [1.165, 1.54) is 24.3 Å². The van der Waals surface area contributed by atoms with Crippen LogP contribution in [0.25, 0.3) is 0 Å². The van der Waals surface area contributed by atoms with Crippen molar-refractivity contribution in [1.29, 1.82) is 0 Å². The highest BCUT2D eigenvalue weighted by Crippen LogP contribution is 2.23. The number of furan rings is 1. The molecule has 0 bridgehead atoms. The molecule has 9 heteroatoms. The highest BCUT2D eigenvalue weighted by Gasteiger charge is 2.37. The number of carbonyl (C=O) groups is 3. The van der Waals surface area contributed by atoms with Crippen LogP contribution in [0.15, 0.2) is 41.1 Å². The molecule has 1 aliphatic rings. The fourth-order valence-electron chi connectivity index (χ4n) is 2.71. The third-order valence-corrected chi connectivity index (χ3v) is 4.45. The van der Waals surface area contributed by atoms with E-state index in [-0.39, 0.29) is 24.0 Å². The van der Waals surface area contributed by atoms with Gasteiger partial charge in [0.15, 0.2) is 11.3 Å². The molecule has 3 heterocycles. The van der Waals surface area contributed by atoms with Crippen LogP contribution in [-0.2, 0) is 25.7 Å². The normalized spacial score (nSPS) is 17.6. The van der Waals surface area contributed by atoms with Gasteiger partial charge in [-0.05, 0) is 31.2 Å². The zero-order valence-electron chi connectivity index (χ0n) is 14.6. The molecule has 8 nitrogen and oxygen atoms in total. The standard InChI is InChI=1S/C18H18ClN3O5/c1-11(17(24)21-14-5-2-6-20-16(14)19)27-18(25)12-8-15(23)22(9-12)10-13-4-3-7-26-13/h2-7,11-12H,8-10H2,1H3,(H,21,24)/t11-,12+/m0/s1. The number of hydrogen-bond donors (Lipinski definition) is 1. The Hall–Kier alpha value is -2.87. The first-order chi connectivity index (χ1) is 12.9. The van der Waals surface area contributed by atoms with Crippen molar-refractivity contribution in [3.8, 4) is 0 Å². The van der Waals surface area contributed by atoms with Gasteiger partial charge < -0.3 is 19.4 Å². The van der Waals surface area contributed by atoms with Crippen LogP contribution >= 0.6 is 11.6 Å². The fraction of sp³-hybridized carbons (Fsp3) is 0.333. The Morgan fingerprint density at radius 2 is 2.26 bits per heavy atom. The van der Waals surface area contributed by atoms with Gasteiger partial charge >= 0.3 is 5.97 Å². The minimum absolute atomic E-state index is 0.0440. The summed E-state index contributed by atoms with van der Waals surface area (Å²) < 4.78 is 10.4. The highest BCUT2D eigenvalue weighted by molar-refractivity contribution is 6.32. The van der Waals surface area contributed by atoms with Crippen LogP contribution in [0.5, 0.6) is 0 Å². The summed E-state index contributed by atoms with van der Waals surface area (Å²) in [6, 6.07) is 6.70. The molecule has 0 unspecified atom stereocenters. The van der Waals surface area contributed by atoms with Crippen molar-refractivity contribution in [1.82, 2.24) is 9.88 Å². The van der Waals surface area contributed by atoms with Gasteiger partial charge in [-0.2, -0.15) is 0 Å². The highest BCUT2D eigenvalue weighted by atomic mass is 35.5. The van der Waals surface area contributed by atoms with Crippen LogP contribution in [0.4, 0.5) is 5.69 Å². The molecule has 2 aromatic heterocycles. The minimum Gasteiger partial charge on any atom is -0.467 e. The Bertz CT molecular complexity index is 839. The molecule has 0 saturated carbocycles. The van der Waals surface area contributed by atoms with Crippen molar-refractivity contribution >= 4 is 35.1 Å². The van der Waals surface area contributed by atoms with Crippen LogP contribution in [0.3, 0.4) is 0 Å². The van der Waals surface area contributed by atoms with Crippen LogP contribution in [-0.4, -0.2) is 40.3 Å². The summed E-state index contributed by atoms with van der Waals surface area (Å²) in [6.07, 6.45) is 2.02. The Kier molecular flexibility index (Phi) is 5.75. The lowest BCUT2D eigenvalue weighted by Gasteiger charge is -2.17. The lowest BCUT2D eigenvalue weighted by molar-refractivity contribution is -0.157. The molecule has 2 aromatic rings. The van der Waals surface area contributed by atoms with Gasteiger partial charge in [0.2, 0.25) is 5.91 Å². The Morgan fingerprint density at radius 3 is 2.96 bits per heavy atom. The number of ether oxygens (including phenoxy) is 1. The summed E-state index contributed by atoms with van der Waals surface area (Å²) in [6.45, 7) is 1.97. The number of halogens is 1. The summed E-state index contributed by atoms with van der Waals surface area (Å²) >= 11 is 5.89. The topological polar surface area (TPSA) is 102 Å². The second-order valence-corrected chi connectivity index (χ2v) is 6.52. The molecule has 0 aliphatic carbocycles. The number of esters is 1. The van der Waals surface area contributed by atoms with E-state index in [1.807, 2.05) is 0 Å². The van der Waals surface area contributed by atoms with E-state index in [1.54, 1.807) is 24.3 Å². The summed E-state index contributed by atoms with van der Waals surface area (Å²) in [7, 11) is 0. The summed E-state index contributed by atoms with van der Waals surface area (Å²) in [5.74, 6) is -1.27. The number of likely N-dealkylation sites (tertiary alicyclic amines) is 1. The van der Waals surface area contributed by atoms with E-state index in [0.717, 1.165) is 0 Å². The Morgan fingerprint density at radius 1 is 1.44 bits per heavy atom. The molecule has 2 atom stereocenters. The predicted molar refractivity (Wildman–Crippen MR) is 95.7 cm³/mol. The van der Waals surface area contributed by atoms with Crippen LogP contribution < -0.4 is 5.32 Å². The molecule has 1 aliphatic heterocycles. The van der Waals surface area contributed by atoms with Gasteiger partial charge in [-0.1, -0.05) is 11.6 Å². The van der Waals surface area contributed by atoms with Gasteiger partial charge in [-0.15, -0.1) is 0 Å². The number of nitrogens with zero attached hydrogens (tertiary/aromatic N) is 2. The number of rotatable bonds is 6. The third-order valence-electron chi connectivity index (χ3n) is 4.15. The Labute approximate surface area is 160 Å². The number of nitrogens with one attached hydrogen (secondary N) is 1. The average molecular weight is 392 g/mol. The van der Waals surface area contributed by atoms with Crippen molar-refractivity contribution in [2.24, 2.45) is 5.92 Å². The number of pyridine rings is 1. The number of carbonyl (C=O) groups excluding carboxylic acids is 3. The molecule has 3 rings (SSSR count). The summed E-state index contributed by atoms with van der Waals surface area (Å²) in [5, 5.41) is 2.69. The van der Waals surface area contributed by atoms with Gasteiger partial charge in [-0.3, -0.25) is 14.4 Å². The van der Waals surface area contributed by atoms with Crippen LogP contribution in [0.1, 0.15) is 19.1 Å². The van der Waals surface area contributed by atoms with Gasteiger partial charge in [0.1, 0.15) is 5.76 Å².